The van der Waals surface area contributed by atoms with Gasteiger partial charge in [-0.3, -0.25) is 9.48 Å². The molecule has 6 nitrogen and oxygen atoms in total. The number of ether oxygens (including phenoxy) is 1. The number of aromatic nitrogens is 2. The molecule has 0 atom stereocenters. The van der Waals surface area contributed by atoms with Gasteiger partial charge in [0.05, 0.1) is 6.04 Å². The molecule has 1 amide bonds. The zero-order valence-electron chi connectivity index (χ0n) is 13.7. The molecular formula is C17H24N4O2. The standard InChI is InChI=1S/C17H24N4O2/c1-3-14(4-2)21-11-9-16(20-21)17(22)19-13-5-7-15(8-6-13)23-12-10-18/h5-9,11,14H,3-4,10,12,18H2,1-2H3,(H,19,22). The summed E-state index contributed by atoms with van der Waals surface area (Å²) in [5, 5.41) is 7.21. The molecule has 0 aliphatic carbocycles. The highest BCUT2D eigenvalue weighted by Gasteiger charge is 2.13. The molecular weight excluding hydrogens is 292 g/mol. The van der Waals surface area contributed by atoms with Crippen LogP contribution in [0.5, 0.6) is 5.75 Å². The van der Waals surface area contributed by atoms with Gasteiger partial charge in [0.1, 0.15) is 12.4 Å². The van der Waals surface area contributed by atoms with E-state index >= 15 is 0 Å². The number of nitrogens with zero attached hydrogens (tertiary/aromatic N) is 2. The fourth-order valence-electron chi connectivity index (χ4n) is 2.33. The highest BCUT2D eigenvalue weighted by molar-refractivity contribution is 6.02. The number of nitrogens with one attached hydrogen (secondary N) is 1. The van der Waals surface area contributed by atoms with Gasteiger partial charge >= 0.3 is 0 Å². The van der Waals surface area contributed by atoms with Crippen molar-refractivity contribution in [2.45, 2.75) is 32.7 Å². The average molecular weight is 316 g/mol. The van der Waals surface area contributed by atoms with Crippen molar-refractivity contribution in [1.29, 1.82) is 0 Å². The van der Waals surface area contributed by atoms with Crippen LogP contribution in [0.25, 0.3) is 0 Å². The summed E-state index contributed by atoms with van der Waals surface area (Å²) in [4.78, 5) is 12.2. The van der Waals surface area contributed by atoms with E-state index in [1.807, 2.05) is 10.9 Å². The Kier molecular flexibility index (Phi) is 6.17. The van der Waals surface area contributed by atoms with E-state index in [1.54, 1.807) is 30.3 Å². The quantitative estimate of drug-likeness (QED) is 0.784. The van der Waals surface area contributed by atoms with Crippen LogP contribution in [0.4, 0.5) is 5.69 Å². The van der Waals surface area contributed by atoms with Crippen LogP contribution < -0.4 is 15.8 Å². The van der Waals surface area contributed by atoms with E-state index in [4.69, 9.17) is 10.5 Å². The number of amides is 1. The van der Waals surface area contributed by atoms with Crippen molar-refractivity contribution < 1.29 is 9.53 Å². The predicted octanol–water partition coefficient (Wildman–Crippen LogP) is 2.83. The molecule has 3 N–H and O–H groups in total. The van der Waals surface area contributed by atoms with Crippen molar-refractivity contribution in [2.75, 3.05) is 18.5 Å². The highest BCUT2D eigenvalue weighted by atomic mass is 16.5. The minimum atomic E-state index is -0.217. The zero-order valence-corrected chi connectivity index (χ0v) is 13.7. The highest BCUT2D eigenvalue weighted by Crippen LogP contribution is 2.17. The van der Waals surface area contributed by atoms with Gasteiger partial charge in [-0.25, -0.2) is 0 Å². The molecule has 0 unspecified atom stereocenters. The lowest BCUT2D eigenvalue weighted by molar-refractivity contribution is 0.102. The molecule has 1 aromatic heterocycles. The van der Waals surface area contributed by atoms with E-state index in [9.17, 15) is 4.79 Å². The predicted molar refractivity (Wildman–Crippen MR) is 90.8 cm³/mol. The number of anilines is 1. The monoisotopic (exact) mass is 316 g/mol. The van der Waals surface area contributed by atoms with Gasteiger partial charge in [-0.05, 0) is 43.2 Å². The SMILES string of the molecule is CCC(CC)n1ccc(C(=O)Nc2ccc(OCCN)cc2)n1. The summed E-state index contributed by atoms with van der Waals surface area (Å²) in [6, 6.07) is 9.26. The van der Waals surface area contributed by atoms with Crippen molar-refractivity contribution in [3.63, 3.8) is 0 Å². The molecule has 1 aromatic carbocycles. The number of carbonyl (C=O) groups is 1. The van der Waals surface area contributed by atoms with Gasteiger partial charge in [0, 0.05) is 18.4 Å². The Morgan fingerprint density at radius 3 is 2.57 bits per heavy atom. The normalized spacial score (nSPS) is 10.8. The summed E-state index contributed by atoms with van der Waals surface area (Å²) in [6.07, 6.45) is 3.84. The molecule has 6 heteroatoms. The summed E-state index contributed by atoms with van der Waals surface area (Å²) in [5.41, 5.74) is 6.51. The van der Waals surface area contributed by atoms with Gasteiger partial charge in [-0.1, -0.05) is 13.8 Å². The molecule has 2 rings (SSSR count). The Morgan fingerprint density at radius 2 is 1.96 bits per heavy atom. The van der Waals surface area contributed by atoms with Crippen LogP contribution in [-0.2, 0) is 0 Å². The first-order chi connectivity index (χ1) is 11.2. The molecule has 0 bridgehead atoms. The lowest BCUT2D eigenvalue weighted by Gasteiger charge is -2.12. The Labute approximate surface area is 136 Å². The van der Waals surface area contributed by atoms with Gasteiger partial charge < -0.3 is 15.8 Å². The largest absolute Gasteiger partial charge is 0.492 e. The second-order valence-electron chi connectivity index (χ2n) is 5.27. The first-order valence-corrected chi connectivity index (χ1v) is 7.97. The van der Waals surface area contributed by atoms with Gasteiger partial charge in [0.15, 0.2) is 5.69 Å². The molecule has 0 saturated heterocycles. The Morgan fingerprint density at radius 1 is 1.26 bits per heavy atom. The van der Waals surface area contributed by atoms with Crippen LogP contribution in [0, 0.1) is 0 Å². The van der Waals surface area contributed by atoms with Crippen LogP contribution in [0.3, 0.4) is 0 Å². The van der Waals surface area contributed by atoms with Gasteiger partial charge in [0.2, 0.25) is 0 Å². The maximum atomic E-state index is 12.2. The molecule has 0 aliphatic rings. The summed E-state index contributed by atoms with van der Waals surface area (Å²) in [5.74, 6) is 0.511. The molecule has 23 heavy (non-hydrogen) atoms. The molecule has 1 heterocycles. The van der Waals surface area contributed by atoms with E-state index in [0.29, 0.717) is 30.6 Å². The first kappa shape index (κ1) is 17.0. The minimum absolute atomic E-state index is 0.217. The lowest BCUT2D eigenvalue weighted by atomic mass is 10.2. The van der Waals surface area contributed by atoms with Crippen LogP contribution >= 0.6 is 0 Å². The molecule has 0 fully saturated rings. The van der Waals surface area contributed by atoms with E-state index < -0.39 is 0 Å². The molecule has 0 saturated carbocycles. The van der Waals surface area contributed by atoms with Gasteiger partial charge in [0.25, 0.3) is 5.91 Å². The van der Waals surface area contributed by atoms with Crippen molar-refractivity contribution >= 4 is 11.6 Å². The number of carbonyl (C=O) groups excluding carboxylic acids is 1. The summed E-state index contributed by atoms with van der Waals surface area (Å²) in [6.45, 7) is 5.17. The molecule has 2 aromatic rings. The van der Waals surface area contributed by atoms with Crippen LogP contribution in [-0.4, -0.2) is 28.8 Å². The van der Waals surface area contributed by atoms with Crippen molar-refractivity contribution in [3.05, 3.63) is 42.2 Å². The molecule has 0 radical (unpaired) electrons. The van der Waals surface area contributed by atoms with Gasteiger partial charge in [-0.15, -0.1) is 0 Å². The number of rotatable bonds is 8. The third kappa shape index (κ3) is 4.56. The molecule has 124 valence electrons. The van der Waals surface area contributed by atoms with E-state index in [-0.39, 0.29) is 5.91 Å². The molecule has 0 spiro atoms. The third-order valence-electron chi connectivity index (χ3n) is 3.66. The summed E-state index contributed by atoms with van der Waals surface area (Å²) < 4.78 is 7.26. The number of hydrogen-bond donors (Lipinski definition) is 2. The van der Waals surface area contributed by atoms with Crippen LogP contribution in [0.2, 0.25) is 0 Å². The average Bonchev–Trinajstić information content (AvgIpc) is 3.05. The Hall–Kier alpha value is -2.34. The minimum Gasteiger partial charge on any atom is -0.492 e. The number of benzene rings is 1. The Bertz CT molecular complexity index is 618. The Balaban J connectivity index is 1.98. The maximum Gasteiger partial charge on any atom is 0.276 e. The van der Waals surface area contributed by atoms with E-state index in [0.717, 1.165) is 18.6 Å². The first-order valence-electron chi connectivity index (χ1n) is 7.97. The van der Waals surface area contributed by atoms with Crippen molar-refractivity contribution in [2.24, 2.45) is 5.73 Å². The molecule has 0 aliphatic heterocycles. The van der Waals surface area contributed by atoms with Crippen molar-refractivity contribution in [3.8, 4) is 5.75 Å². The third-order valence-corrected chi connectivity index (χ3v) is 3.66. The lowest BCUT2D eigenvalue weighted by Crippen LogP contribution is -2.15. The number of hydrogen-bond acceptors (Lipinski definition) is 4. The second-order valence-corrected chi connectivity index (χ2v) is 5.27. The summed E-state index contributed by atoms with van der Waals surface area (Å²) in [7, 11) is 0. The van der Waals surface area contributed by atoms with Crippen LogP contribution in [0.1, 0.15) is 43.2 Å². The second kappa shape index (κ2) is 8.33. The van der Waals surface area contributed by atoms with Gasteiger partial charge in [-0.2, -0.15) is 5.10 Å². The maximum absolute atomic E-state index is 12.2. The topological polar surface area (TPSA) is 82.2 Å². The van der Waals surface area contributed by atoms with Crippen LogP contribution in [0.15, 0.2) is 36.5 Å². The van der Waals surface area contributed by atoms with Crippen molar-refractivity contribution in [1.82, 2.24) is 9.78 Å². The zero-order chi connectivity index (χ0) is 16.7. The number of nitrogens with two attached hydrogens (primary N) is 1. The fourth-order valence-corrected chi connectivity index (χ4v) is 2.33. The van der Waals surface area contributed by atoms with E-state index in [2.05, 4.69) is 24.3 Å². The van der Waals surface area contributed by atoms with E-state index in [1.165, 1.54) is 0 Å². The smallest absolute Gasteiger partial charge is 0.276 e. The fraction of sp³-hybridized carbons (Fsp3) is 0.412. The summed E-state index contributed by atoms with van der Waals surface area (Å²) >= 11 is 0.